The summed E-state index contributed by atoms with van der Waals surface area (Å²) in [5.74, 6) is 0.232. The molecule has 3 unspecified atom stereocenters. The summed E-state index contributed by atoms with van der Waals surface area (Å²) in [7, 11) is 0. The van der Waals surface area contributed by atoms with Crippen LogP contribution in [0.15, 0.2) is 24.3 Å². The second-order valence-corrected chi connectivity index (χ2v) is 9.10. The number of aldehydes is 1. The highest BCUT2D eigenvalue weighted by molar-refractivity contribution is 8.00. The number of hydrogen-bond acceptors (Lipinski definition) is 6. The Kier molecular flexibility index (Phi) is 8.22. The van der Waals surface area contributed by atoms with Crippen LogP contribution in [-0.2, 0) is 9.59 Å². The summed E-state index contributed by atoms with van der Waals surface area (Å²) in [6.45, 7) is 0.397. The van der Waals surface area contributed by atoms with Crippen molar-refractivity contribution in [3.63, 3.8) is 0 Å². The molecule has 1 aromatic rings. The summed E-state index contributed by atoms with van der Waals surface area (Å²) in [5, 5.41) is 9.08. The molecule has 0 bridgehead atoms. The summed E-state index contributed by atoms with van der Waals surface area (Å²) in [4.78, 5) is 57.3. The van der Waals surface area contributed by atoms with Crippen LogP contribution in [0.1, 0.15) is 59.2 Å². The van der Waals surface area contributed by atoms with Gasteiger partial charge in [-0.3, -0.25) is 19.2 Å². The van der Waals surface area contributed by atoms with Crippen LogP contribution in [0, 0.1) is 0 Å². The van der Waals surface area contributed by atoms with Crippen molar-refractivity contribution < 1.29 is 24.0 Å². The number of Topliss-reactive ketones (excluding diaryl/α,β-unsaturated/α-hetero) is 2. The van der Waals surface area contributed by atoms with E-state index in [0.717, 1.165) is 25.0 Å². The van der Waals surface area contributed by atoms with E-state index in [1.807, 2.05) is 11.8 Å². The van der Waals surface area contributed by atoms with E-state index in [1.54, 1.807) is 0 Å². The van der Waals surface area contributed by atoms with Gasteiger partial charge in [0.2, 0.25) is 5.78 Å². The Morgan fingerprint density at radius 3 is 2.48 bits per heavy atom. The number of amides is 3. The zero-order valence-corrected chi connectivity index (χ0v) is 18.0. The van der Waals surface area contributed by atoms with Crippen molar-refractivity contribution in [3.8, 4) is 0 Å². The Labute approximate surface area is 185 Å². The average molecular weight is 446 g/mol. The molecule has 2 aliphatic rings. The van der Waals surface area contributed by atoms with Gasteiger partial charge in [0.05, 0.1) is 12.1 Å². The summed E-state index contributed by atoms with van der Waals surface area (Å²) in [6, 6.07) is 6.24. The molecule has 0 spiro atoms. The van der Waals surface area contributed by atoms with Crippen LogP contribution in [0.2, 0.25) is 0 Å². The third-order valence-electron chi connectivity index (χ3n) is 5.59. The number of carbonyl (C=O) groups excluding carboxylic acids is 5. The van der Waals surface area contributed by atoms with Gasteiger partial charge in [0.25, 0.3) is 5.91 Å². The third kappa shape index (κ3) is 6.40. The molecule has 2 heterocycles. The van der Waals surface area contributed by atoms with E-state index in [0.29, 0.717) is 36.6 Å². The monoisotopic (exact) mass is 445 g/mol. The summed E-state index contributed by atoms with van der Waals surface area (Å²) >= 11 is 1.88. The second-order valence-electron chi connectivity index (χ2n) is 7.83. The van der Waals surface area contributed by atoms with Gasteiger partial charge in [-0.15, -0.1) is 0 Å². The van der Waals surface area contributed by atoms with E-state index in [9.17, 15) is 24.0 Å². The molecule has 0 aliphatic carbocycles. The first-order valence-electron chi connectivity index (χ1n) is 10.6. The van der Waals surface area contributed by atoms with Gasteiger partial charge in [0.15, 0.2) is 6.29 Å². The number of hydrogen-bond donors (Lipinski definition) is 3. The molecular formula is C22H27N3O5S. The normalized spacial score (nSPS) is 21.7. The summed E-state index contributed by atoms with van der Waals surface area (Å²) < 4.78 is 0. The maximum Gasteiger partial charge on any atom is 0.315 e. The maximum absolute atomic E-state index is 12.1. The molecule has 0 saturated carbocycles. The van der Waals surface area contributed by atoms with E-state index in [1.165, 1.54) is 24.3 Å². The van der Waals surface area contributed by atoms with Crippen molar-refractivity contribution in [1.29, 1.82) is 0 Å². The quantitative estimate of drug-likeness (QED) is 0.148. The van der Waals surface area contributed by atoms with Crippen LogP contribution in [0.4, 0.5) is 4.79 Å². The van der Waals surface area contributed by atoms with Crippen molar-refractivity contribution >= 4 is 41.6 Å². The minimum absolute atomic E-state index is 0.0763. The first-order valence-corrected chi connectivity index (χ1v) is 11.6. The number of carbonyl (C=O) groups is 5. The molecule has 8 nitrogen and oxygen atoms in total. The predicted molar refractivity (Wildman–Crippen MR) is 117 cm³/mol. The Morgan fingerprint density at radius 2 is 1.74 bits per heavy atom. The minimum Gasteiger partial charge on any atom is -0.352 e. The number of unbranched alkanes of at least 4 members (excludes halogenated alkanes) is 1. The molecule has 2 fully saturated rings. The maximum atomic E-state index is 12.1. The van der Waals surface area contributed by atoms with Gasteiger partial charge in [-0.1, -0.05) is 18.6 Å². The van der Waals surface area contributed by atoms with Gasteiger partial charge >= 0.3 is 6.03 Å². The van der Waals surface area contributed by atoms with E-state index >= 15 is 0 Å². The van der Waals surface area contributed by atoms with E-state index < -0.39 is 5.78 Å². The van der Waals surface area contributed by atoms with E-state index in [-0.39, 0.29) is 41.7 Å². The van der Waals surface area contributed by atoms with Crippen molar-refractivity contribution in [1.82, 2.24) is 16.0 Å². The van der Waals surface area contributed by atoms with Crippen LogP contribution in [-0.4, -0.2) is 59.4 Å². The fraction of sp³-hybridized carbons (Fsp3) is 0.500. The minimum atomic E-state index is -0.626. The molecule has 2 saturated heterocycles. The highest BCUT2D eigenvalue weighted by atomic mass is 32.2. The lowest BCUT2D eigenvalue weighted by atomic mass is 10.0. The van der Waals surface area contributed by atoms with Crippen LogP contribution in [0.3, 0.4) is 0 Å². The summed E-state index contributed by atoms with van der Waals surface area (Å²) in [5.41, 5.74) is 0.641. The molecule has 3 amide bonds. The number of benzene rings is 1. The standard InChI is InChI=1S/C22H27N3O5S/c26-12-18(28)14-7-9-15(10-8-14)21(29)23-11-3-5-16(27)4-1-2-6-19-20-17(13-31-19)24-22(30)25-20/h7-10,12,17,19-20H,1-6,11,13H2,(H,23,29)(H2,24,25,30). The van der Waals surface area contributed by atoms with Crippen LogP contribution in [0.25, 0.3) is 0 Å². The van der Waals surface area contributed by atoms with Gasteiger partial charge in [-0.05, 0) is 31.4 Å². The molecular weight excluding hydrogens is 418 g/mol. The highest BCUT2D eigenvalue weighted by Gasteiger charge is 2.42. The topological polar surface area (TPSA) is 121 Å². The lowest BCUT2D eigenvalue weighted by Crippen LogP contribution is -2.36. The van der Waals surface area contributed by atoms with Gasteiger partial charge in [-0.2, -0.15) is 11.8 Å². The van der Waals surface area contributed by atoms with Crippen molar-refractivity contribution in [2.75, 3.05) is 12.3 Å². The Morgan fingerprint density at radius 1 is 1.03 bits per heavy atom. The Hall–Kier alpha value is -2.68. The molecule has 2 aliphatic heterocycles. The number of rotatable bonds is 12. The third-order valence-corrected chi connectivity index (χ3v) is 7.10. The molecule has 166 valence electrons. The fourth-order valence-electron chi connectivity index (χ4n) is 3.88. The summed E-state index contributed by atoms with van der Waals surface area (Å²) in [6.07, 6.45) is 4.57. The van der Waals surface area contributed by atoms with Crippen LogP contribution < -0.4 is 16.0 Å². The smallest absolute Gasteiger partial charge is 0.315 e. The SMILES string of the molecule is O=CC(=O)c1ccc(C(=O)NCCCC(=O)CCCCC2SCC3NC(=O)NC32)cc1. The molecule has 31 heavy (non-hydrogen) atoms. The van der Waals surface area contributed by atoms with Gasteiger partial charge in [-0.25, -0.2) is 4.79 Å². The van der Waals surface area contributed by atoms with Crippen molar-refractivity contribution in [2.45, 2.75) is 55.9 Å². The van der Waals surface area contributed by atoms with E-state index in [4.69, 9.17) is 0 Å². The van der Waals surface area contributed by atoms with Gasteiger partial charge in [0.1, 0.15) is 5.78 Å². The largest absolute Gasteiger partial charge is 0.352 e. The molecule has 0 aromatic heterocycles. The molecule has 3 N–H and O–H groups in total. The molecule has 3 atom stereocenters. The molecule has 3 rings (SSSR count). The van der Waals surface area contributed by atoms with Crippen molar-refractivity contribution in [3.05, 3.63) is 35.4 Å². The number of nitrogens with one attached hydrogen (secondary N) is 3. The number of urea groups is 1. The van der Waals surface area contributed by atoms with Crippen LogP contribution >= 0.6 is 11.8 Å². The predicted octanol–water partition coefficient (Wildman–Crippen LogP) is 1.87. The zero-order chi connectivity index (χ0) is 22.2. The fourth-order valence-corrected chi connectivity index (χ4v) is 5.42. The lowest BCUT2D eigenvalue weighted by Gasteiger charge is -2.16. The molecule has 1 aromatic carbocycles. The van der Waals surface area contributed by atoms with Crippen LogP contribution in [0.5, 0.6) is 0 Å². The molecule has 0 radical (unpaired) electrons. The zero-order valence-electron chi connectivity index (χ0n) is 17.2. The number of fused-ring (bicyclic) bond motifs is 1. The van der Waals surface area contributed by atoms with Crippen molar-refractivity contribution in [2.24, 2.45) is 0 Å². The highest BCUT2D eigenvalue weighted by Crippen LogP contribution is 2.33. The number of ketones is 2. The first-order chi connectivity index (χ1) is 15.0. The second kappa shape index (κ2) is 11.1. The lowest BCUT2D eigenvalue weighted by molar-refractivity contribution is -0.119. The average Bonchev–Trinajstić information content (AvgIpc) is 3.33. The van der Waals surface area contributed by atoms with Gasteiger partial charge < -0.3 is 16.0 Å². The molecule has 9 heteroatoms. The van der Waals surface area contributed by atoms with Gasteiger partial charge in [0, 0.05) is 41.5 Å². The number of thioether (sulfide) groups is 1. The van der Waals surface area contributed by atoms with E-state index in [2.05, 4.69) is 16.0 Å². The Balaban J connectivity index is 1.25. The Bertz CT molecular complexity index is 842. The first kappa shape index (κ1) is 23.0.